The predicted molar refractivity (Wildman–Crippen MR) is 121 cm³/mol. The lowest BCUT2D eigenvalue weighted by molar-refractivity contribution is -0.119. The summed E-state index contributed by atoms with van der Waals surface area (Å²) in [5.41, 5.74) is 0.499. The van der Waals surface area contributed by atoms with Crippen LogP contribution in [0, 0.1) is 0 Å². The van der Waals surface area contributed by atoms with Gasteiger partial charge in [0, 0.05) is 12.1 Å². The third-order valence-corrected chi connectivity index (χ3v) is 5.30. The molecule has 10 heteroatoms. The molecule has 0 bridgehead atoms. The number of anilines is 2. The molecule has 1 N–H and O–H groups in total. The predicted octanol–water partition coefficient (Wildman–Crippen LogP) is 3.71. The summed E-state index contributed by atoms with van der Waals surface area (Å²) in [6.45, 7) is 3.29. The van der Waals surface area contributed by atoms with Gasteiger partial charge in [-0.15, -0.1) is 0 Å². The molecule has 0 unspecified atom stereocenters. The van der Waals surface area contributed by atoms with E-state index >= 15 is 0 Å². The molecule has 2 heterocycles. The largest absolute Gasteiger partial charge is 0.452 e. The van der Waals surface area contributed by atoms with Crippen LogP contribution in [-0.4, -0.2) is 40.1 Å². The second-order valence-electron chi connectivity index (χ2n) is 7.54. The van der Waals surface area contributed by atoms with Crippen molar-refractivity contribution in [3.8, 4) is 0 Å². The molecule has 3 aromatic rings. The van der Waals surface area contributed by atoms with Crippen molar-refractivity contribution in [1.29, 1.82) is 0 Å². The average Bonchev–Trinajstić information content (AvgIpc) is 3.35. The van der Waals surface area contributed by atoms with E-state index in [2.05, 4.69) is 10.4 Å². The summed E-state index contributed by atoms with van der Waals surface area (Å²) in [6.07, 6.45) is 1.55. The Labute approximate surface area is 193 Å². The second-order valence-corrected chi connectivity index (χ2v) is 7.94. The van der Waals surface area contributed by atoms with E-state index in [1.807, 2.05) is 13.8 Å². The average molecular weight is 467 g/mol. The Morgan fingerprint density at radius 1 is 1.06 bits per heavy atom. The van der Waals surface area contributed by atoms with Crippen LogP contribution < -0.4 is 10.2 Å². The van der Waals surface area contributed by atoms with Gasteiger partial charge in [-0.05, 0) is 44.2 Å². The zero-order chi connectivity index (χ0) is 23.7. The van der Waals surface area contributed by atoms with Gasteiger partial charge in [-0.25, -0.2) is 14.4 Å². The number of hydrogen-bond acceptors (Lipinski definition) is 6. The van der Waals surface area contributed by atoms with E-state index in [0.29, 0.717) is 5.82 Å². The number of amides is 3. The van der Waals surface area contributed by atoms with Crippen LogP contribution in [0.5, 0.6) is 0 Å². The van der Waals surface area contributed by atoms with Gasteiger partial charge in [-0.3, -0.25) is 14.4 Å². The molecule has 0 atom stereocenters. The van der Waals surface area contributed by atoms with Gasteiger partial charge < -0.3 is 10.1 Å². The fourth-order valence-electron chi connectivity index (χ4n) is 3.44. The van der Waals surface area contributed by atoms with E-state index in [9.17, 15) is 19.2 Å². The maximum absolute atomic E-state index is 12.9. The first kappa shape index (κ1) is 22.2. The van der Waals surface area contributed by atoms with Crippen LogP contribution in [0.1, 0.15) is 51.0 Å². The van der Waals surface area contributed by atoms with Gasteiger partial charge in [0.2, 0.25) is 0 Å². The number of carbonyl (C=O) groups excluding carboxylic acids is 4. The van der Waals surface area contributed by atoms with Gasteiger partial charge in [-0.1, -0.05) is 23.7 Å². The number of halogens is 1. The van der Waals surface area contributed by atoms with Crippen molar-refractivity contribution >= 4 is 46.8 Å². The summed E-state index contributed by atoms with van der Waals surface area (Å²) in [6, 6.07) is 12.2. The Balaban J connectivity index is 1.45. The van der Waals surface area contributed by atoms with Crippen LogP contribution in [-0.2, 0) is 9.53 Å². The number of rotatable bonds is 6. The number of hydrogen-bond donors (Lipinski definition) is 1. The summed E-state index contributed by atoms with van der Waals surface area (Å²) in [4.78, 5) is 51.3. The first-order valence-electron chi connectivity index (χ1n) is 10.1. The highest BCUT2D eigenvalue weighted by Crippen LogP contribution is 2.33. The van der Waals surface area contributed by atoms with Gasteiger partial charge in [0.1, 0.15) is 5.82 Å². The molecular weight excluding hydrogens is 448 g/mol. The Morgan fingerprint density at radius 3 is 2.52 bits per heavy atom. The molecular formula is C23H19ClN4O5. The number of nitrogens with one attached hydrogen (secondary N) is 1. The molecule has 9 nitrogen and oxygen atoms in total. The minimum atomic E-state index is -0.804. The molecule has 0 fully saturated rings. The highest BCUT2D eigenvalue weighted by molar-refractivity contribution is 6.39. The minimum absolute atomic E-state index is 0.0369. The third-order valence-electron chi connectivity index (χ3n) is 4.98. The Hall–Kier alpha value is -3.98. The SMILES string of the molecule is CC(C)n1nccc1NC(=O)COC(=O)c1ccc2c(c1)C(=O)N(c1ccccc1Cl)C2=O. The van der Waals surface area contributed by atoms with E-state index in [4.69, 9.17) is 16.3 Å². The number of para-hydroxylation sites is 1. The van der Waals surface area contributed by atoms with E-state index < -0.39 is 30.3 Å². The number of aromatic nitrogens is 2. The quantitative estimate of drug-likeness (QED) is 0.438. The maximum atomic E-state index is 12.9. The normalized spacial score (nSPS) is 12.8. The summed E-state index contributed by atoms with van der Waals surface area (Å²) >= 11 is 6.14. The Morgan fingerprint density at radius 2 is 1.79 bits per heavy atom. The van der Waals surface area contributed by atoms with Crippen molar-refractivity contribution in [2.45, 2.75) is 19.9 Å². The van der Waals surface area contributed by atoms with Crippen molar-refractivity contribution in [3.05, 3.63) is 76.4 Å². The minimum Gasteiger partial charge on any atom is -0.452 e. The van der Waals surface area contributed by atoms with Crippen molar-refractivity contribution < 1.29 is 23.9 Å². The highest BCUT2D eigenvalue weighted by atomic mass is 35.5. The zero-order valence-corrected chi connectivity index (χ0v) is 18.5. The number of carbonyl (C=O) groups is 4. The molecule has 0 aliphatic carbocycles. The Bertz CT molecular complexity index is 1280. The van der Waals surface area contributed by atoms with Crippen molar-refractivity contribution in [2.75, 3.05) is 16.8 Å². The van der Waals surface area contributed by atoms with Crippen LogP contribution in [0.4, 0.5) is 11.5 Å². The molecule has 2 aromatic carbocycles. The second kappa shape index (κ2) is 8.87. The molecule has 0 radical (unpaired) electrons. The van der Waals surface area contributed by atoms with Crippen LogP contribution in [0.15, 0.2) is 54.7 Å². The van der Waals surface area contributed by atoms with Gasteiger partial charge in [0.05, 0.1) is 33.6 Å². The maximum Gasteiger partial charge on any atom is 0.338 e. The Kier molecular flexibility index (Phi) is 5.97. The summed E-state index contributed by atoms with van der Waals surface area (Å²) in [5, 5.41) is 6.99. The molecule has 0 saturated heterocycles. The topological polar surface area (TPSA) is 111 Å². The van der Waals surface area contributed by atoms with E-state index in [1.54, 1.807) is 41.2 Å². The number of ether oxygens (including phenoxy) is 1. The standard InChI is InChI=1S/C23H19ClN4O5/c1-13(2)28-19(9-10-25-28)26-20(29)12-33-23(32)14-7-8-15-16(11-14)22(31)27(21(15)30)18-6-4-3-5-17(18)24/h3-11,13H,12H2,1-2H3,(H,26,29). The molecule has 33 heavy (non-hydrogen) atoms. The molecule has 1 aromatic heterocycles. The van der Waals surface area contributed by atoms with E-state index in [-0.39, 0.29) is 33.4 Å². The molecule has 1 aliphatic rings. The van der Waals surface area contributed by atoms with Crippen LogP contribution in [0.3, 0.4) is 0 Å². The van der Waals surface area contributed by atoms with Gasteiger partial charge in [0.15, 0.2) is 6.61 Å². The van der Waals surface area contributed by atoms with E-state index in [1.165, 1.54) is 18.2 Å². The van der Waals surface area contributed by atoms with E-state index in [0.717, 1.165) is 4.90 Å². The summed E-state index contributed by atoms with van der Waals surface area (Å²) in [7, 11) is 0. The third kappa shape index (κ3) is 4.22. The van der Waals surface area contributed by atoms with Crippen molar-refractivity contribution in [3.63, 3.8) is 0 Å². The summed E-state index contributed by atoms with van der Waals surface area (Å²) in [5.74, 6) is -2.00. The number of nitrogens with zero attached hydrogens (tertiary/aromatic N) is 3. The number of esters is 1. The molecule has 1 aliphatic heterocycles. The van der Waals surface area contributed by atoms with Gasteiger partial charge in [0.25, 0.3) is 17.7 Å². The first-order chi connectivity index (χ1) is 15.8. The smallest absolute Gasteiger partial charge is 0.338 e. The molecule has 0 spiro atoms. The molecule has 168 valence electrons. The number of fused-ring (bicyclic) bond motifs is 1. The fraction of sp³-hybridized carbons (Fsp3) is 0.174. The lowest BCUT2D eigenvalue weighted by Crippen LogP contribution is -2.29. The first-order valence-corrected chi connectivity index (χ1v) is 10.4. The lowest BCUT2D eigenvalue weighted by Gasteiger charge is -2.15. The van der Waals surface area contributed by atoms with Crippen molar-refractivity contribution in [2.24, 2.45) is 0 Å². The molecule has 3 amide bonds. The van der Waals surface area contributed by atoms with Crippen LogP contribution in [0.2, 0.25) is 5.02 Å². The molecule has 4 rings (SSSR count). The zero-order valence-electron chi connectivity index (χ0n) is 17.7. The summed E-state index contributed by atoms with van der Waals surface area (Å²) < 4.78 is 6.70. The lowest BCUT2D eigenvalue weighted by atomic mass is 10.1. The van der Waals surface area contributed by atoms with Crippen LogP contribution >= 0.6 is 11.6 Å². The highest BCUT2D eigenvalue weighted by Gasteiger charge is 2.38. The number of imide groups is 1. The van der Waals surface area contributed by atoms with Gasteiger partial charge >= 0.3 is 5.97 Å². The van der Waals surface area contributed by atoms with Crippen LogP contribution in [0.25, 0.3) is 0 Å². The van der Waals surface area contributed by atoms with Crippen molar-refractivity contribution in [1.82, 2.24) is 9.78 Å². The molecule has 0 saturated carbocycles. The van der Waals surface area contributed by atoms with Gasteiger partial charge in [-0.2, -0.15) is 5.10 Å². The fourth-order valence-corrected chi connectivity index (χ4v) is 3.66. The number of benzene rings is 2. The monoisotopic (exact) mass is 466 g/mol.